The lowest BCUT2D eigenvalue weighted by atomic mass is 10.3. The van der Waals surface area contributed by atoms with Crippen molar-refractivity contribution >= 4 is 11.3 Å². The molecule has 1 saturated carbocycles. The topological polar surface area (TPSA) is 21.7 Å². The van der Waals surface area contributed by atoms with Crippen molar-refractivity contribution in [1.82, 2.24) is 4.90 Å². The Labute approximate surface area is 113 Å². The minimum atomic E-state index is 0.0309. The maximum atomic E-state index is 5.62. The normalized spacial score (nSPS) is 21.6. The molecule has 0 bridgehead atoms. The van der Waals surface area contributed by atoms with Gasteiger partial charge in [0.15, 0.2) is 6.29 Å². The summed E-state index contributed by atoms with van der Waals surface area (Å²) in [4.78, 5) is 4.06. The molecule has 4 heteroatoms. The van der Waals surface area contributed by atoms with Crippen molar-refractivity contribution in [2.24, 2.45) is 0 Å². The SMILES string of the molecule is c1csc(CN(CCC2OCCCO2)C2CC2)c1. The highest BCUT2D eigenvalue weighted by molar-refractivity contribution is 7.09. The zero-order chi connectivity index (χ0) is 12.2. The monoisotopic (exact) mass is 267 g/mol. The van der Waals surface area contributed by atoms with Crippen LogP contribution in [0.4, 0.5) is 0 Å². The number of ether oxygens (including phenoxy) is 2. The lowest BCUT2D eigenvalue weighted by Crippen LogP contribution is -2.32. The summed E-state index contributed by atoms with van der Waals surface area (Å²) < 4.78 is 11.2. The number of thiophene rings is 1. The van der Waals surface area contributed by atoms with Gasteiger partial charge in [-0.3, -0.25) is 4.90 Å². The first-order valence-electron chi connectivity index (χ1n) is 6.91. The molecule has 18 heavy (non-hydrogen) atoms. The van der Waals surface area contributed by atoms with Crippen LogP contribution >= 0.6 is 11.3 Å². The predicted octanol–water partition coefficient (Wildman–Crippen LogP) is 2.87. The van der Waals surface area contributed by atoms with Gasteiger partial charge in [-0.2, -0.15) is 0 Å². The van der Waals surface area contributed by atoms with E-state index in [4.69, 9.17) is 9.47 Å². The molecule has 0 amide bonds. The lowest BCUT2D eigenvalue weighted by Gasteiger charge is -2.27. The van der Waals surface area contributed by atoms with E-state index >= 15 is 0 Å². The third kappa shape index (κ3) is 3.54. The third-order valence-corrected chi connectivity index (χ3v) is 4.41. The number of nitrogens with zero attached hydrogens (tertiary/aromatic N) is 1. The summed E-state index contributed by atoms with van der Waals surface area (Å²) in [5.74, 6) is 0. The summed E-state index contributed by atoms with van der Waals surface area (Å²) in [5, 5.41) is 2.16. The predicted molar refractivity (Wildman–Crippen MR) is 72.7 cm³/mol. The van der Waals surface area contributed by atoms with Crippen LogP contribution < -0.4 is 0 Å². The van der Waals surface area contributed by atoms with E-state index in [-0.39, 0.29) is 6.29 Å². The van der Waals surface area contributed by atoms with E-state index in [1.54, 1.807) is 0 Å². The van der Waals surface area contributed by atoms with Crippen LogP contribution in [-0.2, 0) is 16.0 Å². The Hall–Kier alpha value is -0.420. The molecule has 0 radical (unpaired) electrons. The first kappa shape index (κ1) is 12.6. The molecule has 0 unspecified atom stereocenters. The maximum Gasteiger partial charge on any atom is 0.158 e. The van der Waals surface area contributed by atoms with Crippen LogP contribution in [0.1, 0.15) is 30.6 Å². The van der Waals surface area contributed by atoms with E-state index in [2.05, 4.69) is 22.4 Å². The van der Waals surface area contributed by atoms with Crippen LogP contribution in [0.3, 0.4) is 0 Å². The molecule has 0 atom stereocenters. The standard InChI is InChI=1S/C14H21NO2S/c1-3-13(18-10-1)11-15(12-4-5-12)7-6-14-16-8-2-9-17-14/h1,3,10,12,14H,2,4-9,11H2. The molecule has 100 valence electrons. The third-order valence-electron chi connectivity index (χ3n) is 3.55. The molecule has 2 heterocycles. The largest absolute Gasteiger partial charge is 0.353 e. The van der Waals surface area contributed by atoms with Gasteiger partial charge >= 0.3 is 0 Å². The van der Waals surface area contributed by atoms with Gasteiger partial charge in [-0.15, -0.1) is 11.3 Å². The van der Waals surface area contributed by atoms with E-state index in [0.717, 1.165) is 45.2 Å². The zero-order valence-electron chi connectivity index (χ0n) is 10.7. The van der Waals surface area contributed by atoms with Crippen LogP contribution in [0.15, 0.2) is 17.5 Å². The van der Waals surface area contributed by atoms with Crippen LogP contribution in [0, 0.1) is 0 Å². The molecular formula is C14H21NO2S. The second-order valence-electron chi connectivity index (χ2n) is 5.09. The number of rotatable bonds is 6. The van der Waals surface area contributed by atoms with Gasteiger partial charge in [0.1, 0.15) is 0 Å². The molecule has 3 rings (SSSR count). The smallest absolute Gasteiger partial charge is 0.158 e. The van der Waals surface area contributed by atoms with Gasteiger partial charge in [-0.05, 0) is 30.7 Å². The molecule has 0 N–H and O–H groups in total. The summed E-state index contributed by atoms with van der Waals surface area (Å²) in [6.07, 6.45) is 4.79. The van der Waals surface area contributed by atoms with Crippen molar-refractivity contribution in [2.45, 2.75) is 44.6 Å². The average molecular weight is 267 g/mol. The molecule has 1 aromatic rings. The lowest BCUT2D eigenvalue weighted by molar-refractivity contribution is -0.182. The van der Waals surface area contributed by atoms with Crippen LogP contribution in [0.5, 0.6) is 0 Å². The minimum absolute atomic E-state index is 0.0309. The van der Waals surface area contributed by atoms with Gasteiger partial charge in [0, 0.05) is 30.4 Å². The Morgan fingerprint density at radius 1 is 1.28 bits per heavy atom. The molecule has 1 aliphatic carbocycles. The van der Waals surface area contributed by atoms with Crippen molar-refractivity contribution < 1.29 is 9.47 Å². The Morgan fingerprint density at radius 2 is 2.11 bits per heavy atom. The van der Waals surface area contributed by atoms with Crippen LogP contribution in [0.2, 0.25) is 0 Å². The first-order valence-corrected chi connectivity index (χ1v) is 7.79. The minimum Gasteiger partial charge on any atom is -0.353 e. The van der Waals surface area contributed by atoms with Gasteiger partial charge in [-0.1, -0.05) is 6.07 Å². The van der Waals surface area contributed by atoms with E-state index in [1.807, 2.05) is 11.3 Å². The highest BCUT2D eigenvalue weighted by Gasteiger charge is 2.29. The first-order chi connectivity index (χ1) is 8.92. The summed E-state index contributed by atoms with van der Waals surface area (Å²) in [7, 11) is 0. The van der Waals surface area contributed by atoms with Gasteiger partial charge in [-0.25, -0.2) is 0 Å². The molecule has 1 aliphatic heterocycles. The van der Waals surface area contributed by atoms with Gasteiger partial charge in [0.25, 0.3) is 0 Å². The highest BCUT2D eigenvalue weighted by atomic mass is 32.1. The van der Waals surface area contributed by atoms with Gasteiger partial charge in [0.2, 0.25) is 0 Å². The average Bonchev–Trinajstić information content (AvgIpc) is 3.13. The summed E-state index contributed by atoms with van der Waals surface area (Å²) >= 11 is 1.85. The second-order valence-corrected chi connectivity index (χ2v) is 6.13. The Balaban J connectivity index is 1.47. The Morgan fingerprint density at radius 3 is 2.78 bits per heavy atom. The van der Waals surface area contributed by atoms with E-state index in [1.165, 1.54) is 17.7 Å². The molecule has 2 aliphatic rings. The summed E-state index contributed by atoms with van der Waals surface area (Å²) in [6, 6.07) is 5.17. The van der Waals surface area contributed by atoms with E-state index in [0.29, 0.717) is 0 Å². The maximum absolute atomic E-state index is 5.62. The van der Waals surface area contributed by atoms with Crippen molar-refractivity contribution in [2.75, 3.05) is 19.8 Å². The Bertz CT molecular complexity index is 345. The molecular weight excluding hydrogens is 246 g/mol. The molecule has 2 fully saturated rings. The number of hydrogen-bond donors (Lipinski definition) is 0. The van der Waals surface area contributed by atoms with Gasteiger partial charge < -0.3 is 9.47 Å². The second kappa shape index (κ2) is 6.15. The molecule has 1 aromatic heterocycles. The van der Waals surface area contributed by atoms with Crippen LogP contribution in [0.25, 0.3) is 0 Å². The van der Waals surface area contributed by atoms with Gasteiger partial charge in [0.05, 0.1) is 13.2 Å². The van der Waals surface area contributed by atoms with Crippen molar-refractivity contribution in [3.8, 4) is 0 Å². The van der Waals surface area contributed by atoms with Crippen molar-refractivity contribution in [3.63, 3.8) is 0 Å². The summed E-state index contributed by atoms with van der Waals surface area (Å²) in [5.41, 5.74) is 0. The van der Waals surface area contributed by atoms with E-state index < -0.39 is 0 Å². The van der Waals surface area contributed by atoms with E-state index in [9.17, 15) is 0 Å². The van der Waals surface area contributed by atoms with Crippen LogP contribution in [-0.4, -0.2) is 37.0 Å². The molecule has 0 spiro atoms. The quantitative estimate of drug-likeness (QED) is 0.791. The zero-order valence-corrected chi connectivity index (χ0v) is 11.5. The number of hydrogen-bond acceptors (Lipinski definition) is 4. The molecule has 1 saturated heterocycles. The molecule has 3 nitrogen and oxygen atoms in total. The van der Waals surface area contributed by atoms with Crippen molar-refractivity contribution in [3.05, 3.63) is 22.4 Å². The van der Waals surface area contributed by atoms with Crippen molar-refractivity contribution in [1.29, 1.82) is 0 Å². The fourth-order valence-corrected chi connectivity index (χ4v) is 3.14. The fourth-order valence-electron chi connectivity index (χ4n) is 2.41. The Kier molecular flexibility index (Phi) is 4.31. The fraction of sp³-hybridized carbons (Fsp3) is 0.714. The molecule has 0 aromatic carbocycles. The highest BCUT2D eigenvalue weighted by Crippen LogP contribution is 2.29. The summed E-state index contributed by atoms with van der Waals surface area (Å²) in [6.45, 7) is 3.90.